The van der Waals surface area contributed by atoms with E-state index in [9.17, 15) is 74.0 Å². The first-order valence-corrected chi connectivity index (χ1v) is 21.5. The van der Waals surface area contributed by atoms with E-state index in [1.165, 1.54) is 112 Å². The number of aldehydes is 3. The maximum Gasteiger partial charge on any atom is 0.373 e. The predicted molar refractivity (Wildman–Crippen MR) is 287 cm³/mol. The van der Waals surface area contributed by atoms with Gasteiger partial charge in [0.05, 0.1) is 65.8 Å². The Hall–Kier alpha value is -11.9. The van der Waals surface area contributed by atoms with Crippen LogP contribution in [0.1, 0.15) is 74.5 Å². The lowest BCUT2D eigenvalue weighted by molar-refractivity contribution is -0.385. The lowest BCUT2D eigenvalue weighted by atomic mass is 9.81. The average Bonchev–Trinajstić information content (AvgIpc) is 3.42. The van der Waals surface area contributed by atoms with Gasteiger partial charge >= 0.3 is 12.3 Å². The third-order valence-electron chi connectivity index (χ3n) is 9.34. The zero-order valence-electron chi connectivity index (χ0n) is 44.1. The zero-order valence-corrected chi connectivity index (χ0v) is 44.1. The third-order valence-corrected chi connectivity index (χ3v) is 9.34. The molecule has 0 saturated heterocycles. The number of Topliss-reactive ketones (excluding diaryl/α,β-unsaturated/α-hetero) is 4. The number of para-hydroxylation sites is 4. The minimum Gasteiger partial charge on any atom is -0.412 e. The number of hydrogen-bond donors (Lipinski definition) is 4. The first-order valence-electron chi connectivity index (χ1n) is 21.5. The van der Waals surface area contributed by atoms with E-state index in [1.54, 1.807) is 50.2 Å². The van der Waals surface area contributed by atoms with Gasteiger partial charge in [-0.25, -0.2) is 9.59 Å². The van der Waals surface area contributed by atoms with Gasteiger partial charge in [-0.2, -0.15) is 19.2 Å². The van der Waals surface area contributed by atoms with Crippen molar-refractivity contribution in [3.8, 4) is 0 Å². The van der Waals surface area contributed by atoms with E-state index < -0.39 is 48.7 Å². The highest BCUT2D eigenvalue weighted by Crippen LogP contribution is 2.39. The van der Waals surface area contributed by atoms with Gasteiger partial charge < -0.3 is 28.4 Å². The van der Waals surface area contributed by atoms with Crippen LogP contribution in [0.5, 0.6) is 0 Å². The summed E-state index contributed by atoms with van der Waals surface area (Å²) in [4.78, 5) is 169. The number of nitro benzene ring substituents is 4. The van der Waals surface area contributed by atoms with Gasteiger partial charge in [0.15, 0.2) is 29.4 Å². The van der Waals surface area contributed by atoms with Crippen molar-refractivity contribution in [1.82, 2.24) is 11.5 Å². The highest BCUT2D eigenvalue weighted by Gasteiger charge is 2.33. The molecule has 432 valence electrons. The molecule has 0 atom stereocenters. The molecule has 0 unspecified atom stereocenters. The van der Waals surface area contributed by atoms with Crippen LogP contribution in [0.15, 0.2) is 143 Å². The number of nitrogens with zero attached hydrogens (tertiary/aromatic N) is 4. The Labute approximate surface area is 463 Å². The molecule has 0 spiro atoms. The van der Waals surface area contributed by atoms with Crippen LogP contribution in [0.25, 0.3) is 12.2 Å². The number of hydrogen-bond acceptors (Lipinski definition) is 25. The summed E-state index contributed by atoms with van der Waals surface area (Å²) in [5.74, 6) is 0.320. The summed E-state index contributed by atoms with van der Waals surface area (Å²) in [6, 6.07) is 23.8. The number of allylic oxidation sites excluding steroid dienone is 6. The second-order valence-corrected chi connectivity index (χ2v) is 14.4. The van der Waals surface area contributed by atoms with Crippen LogP contribution < -0.4 is 22.9 Å². The number of ketones is 4. The van der Waals surface area contributed by atoms with E-state index in [1.807, 2.05) is 0 Å². The largest absolute Gasteiger partial charge is 0.412 e. The third kappa shape index (κ3) is 28.3. The van der Waals surface area contributed by atoms with Crippen molar-refractivity contribution < 1.29 is 87.5 Å². The predicted octanol–water partition coefficient (Wildman–Crippen LogP) is 4.70. The number of benzene rings is 4. The van der Waals surface area contributed by atoms with E-state index in [2.05, 4.69) is 16.8 Å². The van der Waals surface area contributed by atoms with Gasteiger partial charge in [-0.15, -0.1) is 0 Å². The standard InChI is InChI=1S/C15H14N2O4.2C12H11NO4.C7H5NO3.2C2H3NO.2CO2.H3N.H2O/c1-9-12(7-18)15(13(8-19)10(2)16-9)11-5-3-4-6-14(11)17(20)21;2*1-8(14)11(9(2)15)7-10-5-3-4-6-12(10)13(16)17;9-5-6-3-1-2-4-7(6)8(10)11;2*3-1-2-4;2*2-1-3;;/h3-8,15-16H,1-2H3;2*3-7H,1-2H3;1-5H;2*1H,3H2;;;1H3;1H2. The number of nitrogens with two attached hydrogens (primary N) is 2. The van der Waals surface area contributed by atoms with E-state index in [0.29, 0.717) is 47.0 Å². The Kier molecular flexibility index (Phi) is 42.6. The van der Waals surface area contributed by atoms with Crippen LogP contribution in [0, 0.1) is 40.5 Å². The monoisotopic (exact) mass is 1140 g/mol. The van der Waals surface area contributed by atoms with E-state index >= 15 is 0 Å². The molecule has 30 heteroatoms. The molecule has 1 aliphatic rings. The van der Waals surface area contributed by atoms with Crippen LogP contribution >= 0.6 is 0 Å². The van der Waals surface area contributed by atoms with Crippen LogP contribution in [-0.4, -0.2) is 91.3 Å². The number of carbonyl (C=O) groups is 7. The Balaban J connectivity index is -0.000000299. The summed E-state index contributed by atoms with van der Waals surface area (Å²) in [5.41, 5.74) is 11.1. The quantitative estimate of drug-likeness (QED) is 0.0253. The van der Waals surface area contributed by atoms with Crippen molar-refractivity contribution in [3.05, 3.63) is 206 Å². The number of rotatable bonds is 14. The molecule has 0 saturated carbocycles. The average molecular weight is 1140 g/mol. The summed E-state index contributed by atoms with van der Waals surface area (Å²) in [5, 5.41) is 45.9. The molecule has 0 aromatic heterocycles. The normalized spacial score (nSPS) is 9.78. The molecule has 0 amide bonds. The molecule has 0 fully saturated rings. The molecule has 4 aromatic carbocycles. The van der Waals surface area contributed by atoms with Crippen LogP contribution in [0.2, 0.25) is 0 Å². The number of nitrogens with one attached hydrogen (secondary N) is 1. The van der Waals surface area contributed by atoms with E-state index in [-0.39, 0.29) is 74.5 Å². The van der Waals surface area contributed by atoms with Crippen LogP contribution in [0.4, 0.5) is 22.7 Å². The molecule has 30 nitrogen and oxygen atoms in total. The minimum atomic E-state index is -0.720. The highest BCUT2D eigenvalue weighted by molar-refractivity contribution is 6.22. The maximum absolute atomic E-state index is 11.4. The Bertz CT molecular complexity index is 3060. The summed E-state index contributed by atoms with van der Waals surface area (Å²) in [7, 11) is 0. The number of carbonyl (C=O) groups excluding carboxylic acids is 13. The lowest BCUT2D eigenvalue weighted by Gasteiger charge is -2.27. The molecule has 0 bridgehead atoms. The summed E-state index contributed by atoms with van der Waals surface area (Å²) >= 11 is 0. The molecule has 1 aliphatic heterocycles. The van der Waals surface area contributed by atoms with Crippen LogP contribution in [-0.2, 0) is 57.5 Å². The summed E-state index contributed by atoms with van der Waals surface area (Å²) in [6.07, 6.45) is 6.39. The second-order valence-electron chi connectivity index (χ2n) is 14.4. The van der Waals surface area contributed by atoms with Crippen molar-refractivity contribution in [1.29, 1.82) is 0 Å². The number of nitro groups is 4. The molecule has 1 heterocycles. The maximum atomic E-state index is 11.4. The van der Waals surface area contributed by atoms with Crippen molar-refractivity contribution in [2.45, 2.75) is 47.5 Å². The smallest absolute Gasteiger partial charge is 0.373 e. The lowest BCUT2D eigenvalue weighted by Crippen LogP contribution is -2.26. The van der Waals surface area contributed by atoms with Gasteiger partial charge in [0.25, 0.3) is 22.7 Å². The Morgan fingerprint density at radius 3 is 0.951 bits per heavy atom. The van der Waals surface area contributed by atoms with Gasteiger partial charge in [-0.3, -0.25) is 74.0 Å². The van der Waals surface area contributed by atoms with Crippen molar-refractivity contribution in [2.75, 3.05) is 0 Å². The van der Waals surface area contributed by atoms with Crippen molar-refractivity contribution >= 4 is 101 Å². The van der Waals surface area contributed by atoms with Crippen molar-refractivity contribution in [2.24, 2.45) is 11.5 Å². The molecule has 4 aromatic rings. The van der Waals surface area contributed by atoms with Crippen LogP contribution in [0.3, 0.4) is 0 Å². The Morgan fingerprint density at radius 1 is 0.476 bits per heavy atom. The topological polar surface area (TPSA) is 525 Å². The molecule has 82 heavy (non-hydrogen) atoms. The number of dihydropyridines is 1. The fraction of sp³-hybridized carbons (Fsp3) is 0.135. The molecule has 10 N–H and O–H groups in total. The highest BCUT2D eigenvalue weighted by atomic mass is 16.6. The minimum absolute atomic E-state index is 0. The first kappa shape index (κ1) is 79.0. The SMILES string of the molecule is CC(=O)C(=Cc1ccccc1[N+](=O)[O-])C(C)=O.CC(=O)C(=Cc1ccccc1[N+](=O)[O-])C(C)=O.CC1=C(C=O)C(c2ccccc2[N+](=O)[O-])C(C=O)=C(C)N1.N.NC=C=O.NC=C=O.O.O=C=O.O=C=O.O=Cc1ccccc1[N+](=O)[O-]. The molecular weight excluding hydrogens is 1090 g/mol. The van der Waals surface area contributed by atoms with Gasteiger partial charge in [0, 0.05) is 52.4 Å². The van der Waals surface area contributed by atoms with Crippen molar-refractivity contribution in [3.63, 3.8) is 0 Å². The van der Waals surface area contributed by atoms with E-state index in [0.717, 1.165) is 12.4 Å². The first-order chi connectivity index (χ1) is 37.8. The van der Waals surface area contributed by atoms with Gasteiger partial charge in [0.1, 0.15) is 24.5 Å². The molecule has 0 radical (unpaired) electrons. The summed E-state index contributed by atoms with van der Waals surface area (Å²) < 4.78 is 0. The second kappa shape index (κ2) is 44.3. The van der Waals surface area contributed by atoms with E-state index in [4.69, 9.17) is 28.8 Å². The van der Waals surface area contributed by atoms with Gasteiger partial charge in [0.2, 0.25) is 0 Å². The fourth-order valence-electron chi connectivity index (χ4n) is 6.09. The molecule has 0 aliphatic carbocycles. The summed E-state index contributed by atoms with van der Waals surface area (Å²) in [6.45, 7) is 8.42. The zero-order chi connectivity index (χ0) is 62.1. The fourth-order valence-corrected chi connectivity index (χ4v) is 6.09. The Morgan fingerprint density at radius 2 is 0.720 bits per heavy atom. The van der Waals surface area contributed by atoms with Gasteiger partial charge in [-0.05, 0) is 71.9 Å². The molecule has 5 rings (SSSR count). The molecular formula is C52H52N8O22. The van der Waals surface area contributed by atoms with Gasteiger partial charge in [-0.1, -0.05) is 54.6 Å².